The lowest BCUT2D eigenvalue weighted by atomic mass is 10.1. The van der Waals surface area contributed by atoms with E-state index in [1.165, 1.54) is 24.3 Å². The first kappa shape index (κ1) is 16.1. The van der Waals surface area contributed by atoms with E-state index in [2.05, 4.69) is 9.71 Å². The average Bonchev–Trinajstić information content (AvgIpc) is 2.55. The van der Waals surface area contributed by atoms with Gasteiger partial charge in [-0.2, -0.15) is 0 Å². The van der Waals surface area contributed by atoms with Crippen LogP contribution in [0.2, 0.25) is 0 Å². The molecule has 0 spiro atoms. The summed E-state index contributed by atoms with van der Waals surface area (Å²) < 4.78 is 40.4. The summed E-state index contributed by atoms with van der Waals surface area (Å²) in [6.07, 6.45) is 0. The van der Waals surface area contributed by atoms with Crippen LogP contribution in [0.3, 0.4) is 0 Å². The van der Waals surface area contributed by atoms with Crippen LogP contribution in [-0.4, -0.2) is 13.4 Å². The largest absolute Gasteiger partial charge is 0.263 e. The van der Waals surface area contributed by atoms with Crippen molar-refractivity contribution in [1.82, 2.24) is 4.98 Å². The fourth-order valence-corrected chi connectivity index (χ4v) is 3.37. The van der Waals surface area contributed by atoms with Crippen LogP contribution in [0.1, 0.15) is 5.56 Å². The van der Waals surface area contributed by atoms with E-state index >= 15 is 0 Å². The molecule has 1 aromatic heterocycles. The summed E-state index contributed by atoms with van der Waals surface area (Å²) >= 11 is 0. The number of nitrogens with one attached hydrogen (secondary N) is 1. The van der Waals surface area contributed by atoms with Gasteiger partial charge in [0.2, 0.25) is 0 Å². The quantitative estimate of drug-likeness (QED) is 0.780. The van der Waals surface area contributed by atoms with Gasteiger partial charge in [0.25, 0.3) is 10.0 Å². The minimum absolute atomic E-state index is 0.162. The number of benzene rings is 2. The van der Waals surface area contributed by atoms with E-state index in [0.29, 0.717) is 5.69 Å². The van der Waals surface area contributed by atoms with E-state index in [1.807, 2.05) is 0 Å². The summed E-state index contributed by atoms with van der Waals surface area (Å²) in [5.74, 6) is -0.114. The van der Waals surface area contributed by atoms with Crippen LogP contribution >= 0.6 is 0 Å². The highest BCUT2D eigenvalue weighted by molar-refractivity contribution is 7.92. The molecule has 0 radical (unpaired) electrons. The Morgan fingerprint density at radius 1 is 0.958 bits per heavy atom. The van der Waals surface area contributed by atoms with Crippen LogP contribution in [0.15, 0.2) is 71.6 Å². The van der Waals surface area contributed by atoms with Gasteiger partial charge in [0.1, 0.15) is 11.6 Å². The summed E-state index contributed by atoms with van der Waals surface area (Å²) in [7, 11) is -3.70. The number of pyridine rings is 1. The smallest absolute Gasteiger partial charge is 0.263 e. The molecule has 0 saturated heterocycles. The van der Waals surface area contributed by atoms with Crippen molar-refractivity contribution >= 4 is 15.8 Å². The van der Waals surface area contributed by atoms with Gasteiger partial charge in [0, 0.05) is 5.56 Å². The van der Waals surface area contributed by atoms with E-state index in [1.54, 1.807) is 49.4 Å². The molecule has 0 aliphatic rings. The van der Waals surface area contributed by atoms with E-state index in [0.717, 1.165) is 11.1 Å². The number of aromatic nitrogens is 1. The van der Waals surface area contributed by atoms with Gasteiger partial charge in [-0.3, -0.25) is 4.72 Å². The Hall–Kier alpha value is -2.73. The molecule has 0 unspecified atom stereocenters. The van der Waals surface area contributed by atoms with Crippen LogP contribution in [0.4, 0.5) is 10.2 Å². The number of nitrogens with zero attached hydrogens (tertiary/aromatic N) is 1. The van der Waals surface area contributed by atoms with Crippen molar-refractivity contribution in [3.05, 3.63) is 78.1 Å². The second kappa shape index (κ2) is 6.41. The van der Waals surface area contributed by atoms with Crippen molar-refractivity contribution in [2.75, 3.05) is 4.72 Å². The van der Waals surface area contributed by atoms with E-state index in [-0.39, 0.29) is 16.5 Å². The van der Waals surface area contributed by atoms with Crippen molar-refractivity contribution in [3.63, 3.8) is 0 Å². The summed E-state index contributed by atoms with van der Waals surface area (Å²) in [6.45, 7) is 1.78. The average molecular weight is 342 g/mol. The van der Waals surface area contributed by atoms with Gasteiger partial charge in [0.15, 0.2) is 0 Å². The maximum Gasteiger partial charge on any atom is 0.263 e. The number of rotatable bonds is 4. The van der Waals surface area contributed by atoms with E-state index < -0.39 is 10.0 Å². The van der Waals surface area contributed by atoms with Gasteiger partial charge >= 0.3 is 0 Å². The van der Waals surface area contributed by atoms with Crippen LogP contribution in [-0.2, 0) is 10.0 Å². The standard InChI is InChI=1S/C18H15FN2O2S/c1-13-12-14(19)10-11-16(13)17-8-5-9-18(20-17)21-24(22,23)15-6-3-2-4-7-15/h2-12H,1H3,(H,20,21). The highest BCUT2D eigenvalue weighted by Gasteiger charge is 2.14. The highest BCUT2D eigenvalue weighted by atomic mass is 32.2. The molecule has 24 heavy (non-hydrogen) atoms. The third kappa shape index (κ3) is 3.44. The third-order valence-electron chi connectivity index (χ3n) is 3.51. The molecular formula is C18H15FN2O2S. The van der Waals surface area contributed by atoms with Crippen LogP contribution in [0, 0.1) is 12.7 Å². The van der Waals surface area contributed by atoms with Gasteiger partial charge < -0.3 is 0 Å². The van der Waals surface area contributed by atoms with Crippen molar-refractivity contribution in [2.24, 2.45) is 0 Å². The lowest BCUT2D eigenvalue weighted by Crippen LogP contribution is -2.13. The molecule has 0 amide bonds. The third-order valence-corrected chi connectivity index (χ3v) is 4.88. The van der Waals surface area contributed by atoms with Crippen molar-refractivity contribution in [1.29, 1.82) is 0 Å². The molecule has 1 heterocycles. The zero-order chi connectivity index (χ0) is 17.2. The van der Waals surface area contributed by atoms with Gasteiger partial charge in [-0.25, -0.2) is 17.8 Å². The van der Waals surface area contributed by atoms with Crippen molar-refractivity contribution < 1.29 is 12.8 Å². The van der Waals surface area contributed by atoms with E-state index in [4.69, 9.17) is 0 Å². The maximum atomic E-state index is 13.2. The molecule has 1 N–H and O–H groups in total. The summed E-state index contributed by atoms with van der Waals surface area (Å²) in [4.78, 5) is 4.49. The number of aryl methyl sites for hydroxylation is 1. The zero-order valence-corrected chi connectivity index (χ0v) is 13.7. The second-order valence-electron chi connectivity index (χ2n) is 5.29. The molecule has 0 fully saturated rings. The summed E-state index contributed by atoms with van der Waals surface area (Å²) in [5, 5.41) is 0. The lowest BCUT2D eigenvalue weighted by Gasteiger charge is -2.10. The van der Waals surface area contributed by atoms with Crippen molar-refractivity contribution in [3.8, 4) is 11.3 Å². The Labute approximate surface area is 140 Å². The molecule has 0 saturated carbocycles. The molecule has 0 atom stereocenters. The number of anilines is 1. The molecule has 122 valence electrons. The van der Waals surface area contributed by atoms with Gasteiger partial charge in [0.05, 0.1) is 10.6 Å². The molecule has 0 bridgehead atoms. The minimum Gasteiger partial charge on any atom is -0.263 e. The SMILES string of the molecule is Cc1cc(F)ccc1-c1cccc(NS(=O)(=O)c2ccccc2)n1. The lowest BCUT2D eigenvalue weighted by molar-refractivity contribution is 0.601. The monoisotopic (exact) mass is 342 g/mol. The van der Waals surface area contributed by atoms with Crippen LogP contribution < -0.4 is 4.72 Å². The number of halogens is 1. The van der Waals surface area contributed by atoms with Crippen LogP contribution in [0.25, 0.3) is 11.3 Å². The molecule has 0 aliphatic heterocycles. The minimum atomic E-state index is -3.70. The normalized spacial score (nSPS) is 11.2. The number of sulfonamides is 1. The predicted molar refractivity (Wildman–Crippen MR) is 91.6 cm³/mol. The fraction of sp³-hybridized carbons (Fsp3) is 0.0556. The molecule has 0 aliphatic carbocycles. The Bertz CT molecular complexity index is 973. The summed E-state index contributed by atoms with van der Waals surface area (Å²) in [6, 6.07) is 17.5. The van der Waals surface area contributed by atoms with E-state index in [9.17, 15) is 12.8 Å². The topological polar surface area (TPSA) is 59.1 Å². The first-order chi connectivity index (χ1) is 11.5. The maximum absolute atomic E-state index is 13.2. The molecule has 6 heteroatoms. The second-order valence-corrected chi connectivity index (χ2v) is 6.97. The Balaban J connectivity index is 1.94. The van der Waals surface area contributed by atoms with Crippen LogP contribution in [0.5, 0.6) is 0 Å². The molecule has 2 aromatic carbocycles. The molecular weight excluding hydrogens is 327 g/mol. The highest BCUT2D eigenvalue weighted by Crippen LogP contribution is 2.24. The van der Waals surface area contributed by atoms with Crippen molar-refractivity contribution in [2.45, 2.75) is 11.8 Å². The summed E-state index contributed by atoms with van der Waals surface area (Å²) in [5.41, 5.74) is 2.04. The predicted octanol–water partition coefficient (Wildman–Crippen LogP) is 4.00. The van der Waals surface area contributed by atoms with Gasteiger partial charge in [-0.15, -0.1) is 0 Å². The molecule has 4 nitrogen and oxygen atoms in total. The Kier molecular flexibility index (Phi) is 4.31. The molecule has 3 rings (SSSR count). The number of hydrogen-bond acceptors (Lipinski definition) is 3. The first-order valence-corrected chi connectivity index (χ1v) is 8.75. The first-order valence-electron chi connectivity index (χ1n) is 7.27. The van der Waals surface area contributed by atoms with Gasteiger partial charge in [-0.05, 0) is 55.0 Å². The Morgan fingerprint density at radius 3 is 2.42 bits per heavy atom. The van der Waals surface area contributed by atoms with Gasteiger partial charge in [-0.1, -0.05) is 24.3 Å². The number of hydrogen-bond donors (Lipinski definition) is 1. The zero-order valence-electron chi connectivity index (χ0n) is 12.9. The molecule has 3 aromatic rings. The fourth-order valence-electron chi connectivity index (χ4n) is 2.35. The Morgan fingerprint density at radius 2 is 1.71 bits per heavy atom.